The van der Waals surface area contributed by atoms with Crippen molar-refractivity contribution in [1.82, 2.24) is 15.5 Å². The topological polar surface area (TPSA) is 362 Å². The molecule has 2 heterocycles. The van der Waals surface area contributed by atoms with Gasteiger partial charge in [-0.15, -0.1) is 5.92 Å². The third-order valence-corrected chi connectivity index (χ3v) is 14.2. The molecule has 0 aliphatic carbocycles. The molecule has 79 heavy (non-hydrogen) atoms. The van der Waals surface area contributed by atoms with Gasteiger partial charge in [-0.05, 0) is 100 Å². The minimum Gasteiger partial charge on any atom is -0.459 e. The van der Waals surface area contributed by atoms with Crippen LogP contribution < -0.4 is 10.6 Å². The van der Waals surface area contributed by atoms with Crippen LogP contribution in [0.15, 0.2) is 12.7 Å². The van der Waals surface area contributed by atoms with E-state index in [1.807, 2.05) is 20.8 Å². The fourth-order valence-corrected chi connectivity index (χ4v) is 10.2. The Kier molecular flexibility index (Phi) is 27.6. The average Bonchev–Trinajstić information content (AvgIpc) is 3.29. The third kappa shape index (κ3) is 24.3. The number of hydrogen-bond donors (Lipinski definition) is 9. The average molecular weight is 1170 g/mol. The second-order valence-electron chi connectivity index (χ2n) is 23.6. The molecule has 25 nitrogen and oxygen atoms in total. The molecule has 454 valence electrons. The van der Waals surface area contributed by atoms with Crippen LogP contribution in [0.5, 0.6) is 0 Å². The van der Waals surface area contributed by atoms with Crippen LogP contribution >= 0.6 is 16.4 Å². The summed E-state index contributed by atoms with van der Waals surface area (Å²) < 4.78 is 59.2. The van der Waals surface area contributed by atoms with Crippen molar-refractivity contribution in [2.24, 2.45) is 16.7 Å². The summed E-state index contributed by atoms with van der Waals surface area (Å²) in [5.74, 6) is -0.311. The number of phosphoric ester groups is 1. The number of esters is 3. The normalized spacial score (nSPS) is 26.1. The van der Waals surface area contributed by atoms with Gasteiger partial charge in [0.15, 0.2) is 24.7 Å². The molecule has 27 heteroatoms. The Labute approximate surface area is 465 Å². The van der Waals surface area contributed by atoms with E-state index in [2.05, 4.69) is 29.1 Å². The summed E-state index contributed by atoms with van der Waals surface area (Å²) in [6.45, 7) is 25.2. The fraction of sp³-hybridized carbons (Fsp3) is 0.808. The number of amides is 2. The van der Waals surface area contributed by atoms with Gasteiger partial charge >= 0.3 is 31.4 Å². The highest BCUT2D eigenvalue weighted by atomic mass is 31.2. The van der Waals surface area contributed by atoms with Gasteiger partial charge in [0, 0.05) is 11.6 Å². The van der Waals surface area contributed by atoms with Crippen molar-refractivity contribution >= 4 is 51.8 Å². The molecule has 0 aromatic rings. The van der Waals surface area contributed by atoms with Crippen LogP contribution in [0.2, 0.25) is 0 Å². The van der Waals surface area contributed by atoms with Gasteiger partial charge in [-0.2, -0.15) is 0 Å². The van der Waals surface area contributed by atoms with E-state index in [1.165, 1.54) is 27.7 Å². The highest BCUT2D eigenvalue weighted by Gasteiger charge is 2.54. The highest BCUT2D eigenvalue weighted by Crippen LogP contribution is 2.43. The SMILES string of the molecule is C=CC(=O)O[C@@H](CC(=O)NC1C(OCC2OC(C)C(NC(=O)C[C@H](O)C#CC)C(OC(=O)C[C@H](O)C(C)(C)CC(C)(C)O)C2O)OC(CO)C(OP(=O)(O)O)C1OC(=O)C[C@H](OC(=O)PC)C(C)CC(C)(C)C)N(C)C(C)(C)C. The van der Waals surface area contributed by atoms with Crippen molar-refractivity contribution in [3.8, 4) is 11.8 Å². The smallest absolute Gasteiger partial charge is 0.459 e. The van der Waals surface area contributed by atoms with Gasteiger partial charge < -0.3 is 79.1 Å². The number of ether oxygens (including phenoxy) is 7. The van der Waals surface area contributed by atoms with Crippen molar-refractivity contribution in [3.63, 3.8) is 0 Å². The van der Waals surface area contributed by atoms with Crippen LogP contribution in [0, 0.1) is 28.6 Å². The van der Waals surface area contributed by atoms with E-state index < -0.39 is 190 Å². The maximum atomic E-state index is 14.4. The second kappa shape index (κ2) is 30.6. The van der Waals surface area contributed by atoms with E-state index in [0.717, 1.165) is 6.08 Å². The van der Waals surface area contributed by atoms with Crippen molar-refractivity contribution in [3.05, 3.63) is 12.7 Å². The van der Waals surface area contributed by atoms with E-state index >= 15 is 0 Å². The molecule has 2 rings (SSSR count). The number of rotatable bonds is 28. The largest absolute Gasteiger partial charge is 0.470 e. The number of nitrogens with one attached hydrogen (secondary N) is 2. The van der Waals surface area contributed by atoms with Gasteiger partial charge in [-0.25, -0.2) is 14.2 Å². The number of phosphoric acid groups is 1. The molecule has 2 fully saturated rings. The first-order valence-electron chi connectivity index (χ1n) is 26.0. The highest BCUT2D eigenvalue weighted by molar-refractivity contribution is 7.56. The van der Waals surface area contributed by atoms with E-state index in [0.29, 0.717) is 6.42 Å². The Morgan fingerprint density at radius 1 is 0.848 bits per heavy atom. The first-order valence-corrected chi connectivity index (χ1v) is 29.1. The minimum absolute atomic E-state index is 0.0592. The molecular weight excluding hydrogens is 1080 g/mol. The number of aliphatic hydroxyl groups is 5. The predicted molar refractivity (Wildman–Crippen MR) is 287 cm³/mol. The van der Waals surface area contributed by atoms with Crippen molar-refractivity contribution < 1.29 is 106 Å². The van der Waals surface area contributed by atoms with Crippen LogP contribution in [0.3, 0.4) is 0 Å². The monoisotopic (exact) mass is 1170 g/mol. The molecule has 2 amide bonds. The molecule has 2 saturated heterocycles. The van der Waals surface area contributed by atoms with E-state index in [1.54, 1.807) is 60.2 Å². The Bertz CT molecular complexity index is 2160. The summed E-state index contributed by atoms with van der Waals surface area (Å²) in [5.41, 5.74) is -3.93. The predicted octanol–water partition coefficient (Wildman–Crippen LogP) is 2.30. The first kappa shape index (κ1) is 71.4. The molecule has 16 atom stereocenters. The van der Waals surface area contributed by atoms with Gasteiger partial charge in [-0.3, -0.25) is 28.6 Å². The maximum Gasteiger partial charge on any atom is 0.470 e. The third-order valence-electron chi connectivity index (χ3n) is 13.2. The zero-order valence-corrected chi connectivity index (χ0v) is 50.1. The summed E-state index contributed by atoms with van der Waals surface area (Å²) in [7, 11) is -4.34. The molecule has 12 unspecified atom stereocenters. The van der Waals surface area contributed by atoms with Gasteiger partial charge in [0.2, 0.25) is 11.8 Å². The van der Waals surface area contributed by atoms with Crippen molar-refractivity contribution in [1.29, 1.82) is 0 Å². The van der Waals surface area contributed by atoms with Gasteiger partial charge in [0.05, 0.1) is 62.7 Å². The lowest BCUT2D eigenvalue weighted by atomic mass is 9.76. The molecular formula is C52H89N3O22P2. The van der Waals surface area contributed by atoms with E-state index in [9.17, 15) is 68.7 Å². The maximum absolute atomic E-state index is 14.4. The standard InChI is InChI=1S/C52H89N3O22P2/c1-17-19-30(57)20-35(59)53-41-29(4)71-33(43(64)45(41)75-40(63)22-34(58)51(11,12)27-52(13,14)66)26-70-47-42(54-36(60)23-37(74-38(61)18-2)55(15)50(8,9)10)46(44(32(25-56)72-47)77-79(67,68)69)76-39(62)21-31(73-48(65)78-16)28(3)24-49(5,6)7/h18,28-34,37,41-47,56-58,64,66,78H,2,20-27H2,1,3-16H3,(H,53,59)(H,54,60)(H2,67,68,69)/t28?,29?,30-,31+,32?,33?,34+,37+,41?,42?,43?,44?,45?,46?,47?/m1/s1. The molecule has 9 N–H and O–H groups in total. The molecule has 0 aromatic heterocycles. The number of hydrogen-bond acceptors (Lipinski definition) is 21. The van der Waals surface area contributed by atoms with Crippen molar-refractivity contribution in [2.45, 2.75) is 225 Å². The molecule has 0 aromatic carbocycles. The first-order chi connectivity index (χ1) is 36.1. The van der Waals surface area contributed by atoms with Gasteiger partial charge in [0.1, 0.15) is 42.7 Å². The van der Waals surface area contributed by atoms with Crippen LogP contribution in [0.25, 0.3) is 0 Å². The number of carbonyl (C=O) groups excluding carboxylic acids is 6. The lowest BCUT2D eigenvalue weighted by molar-refractivity contribution is -0.285. The minimum atomic E-state index is -5.59. The Morgan fingerprint density at radius 3 is 1.94 bits per heavy atom. The molecule has 0 bridgehead atoms. The van der Waals surface area contributed by atoms with E-state index in [4.69, 9.17) is 37.7 Å². The van der Waals surface area contributed by atoms with Crippen LogP contribution in [0.1, 0.15) is 129 Å². The quantitative estimate of drug-likeness (QED) is 0.0135. The lowest BCUT2D eigenvalue weighted by Gasteiger charge is -2.47. The number of carbonyl (C=O) groups is 6. The van der Waals surface area contributed by atoms with Crippen LogP contribution in [-0.4, -0.2) is 199 Å². The molecule has 2 aliphatic rings. The zero-order chi connectivity index (χ0) is 60.8. The summed E-state index contributed by atoms with van der Waals surface area (Å²) in [4.78, 5) is 103. The Balaban J connectivity index is 2.81. The molecule has 2 aliphatic heterocycles. The van der Waals surface area contributed by atoms with Crippen molar-refractivity contribution in [2.75, 3.05) is 26.9 Å². The Morgan fingerprint density at radius 2 is 1.42 bits per heavy atom. The molecule has 0 radical (unpaired) electrons. The summed E-state index contributed by atoms with van der Waals surface area (Å²) in [6.07, 6.45) is -20.3. The fourth-order valence-electron chi connectivity index (χ4n) is 9.37. The zero-order valence-electron chi connectivity index (χ0n) is 48.3. The summed E-state index contributed by atoms with van der Waals surface area (Å²) in [5, 5.41) is 59.9. The number of nitrogens with zero attached hydrogens (tertiary/aromatic N) is 1. The molecule has 0 saturated carbocycles. The van der Waals surface area contributed by atoms with E-state index in [-0.39, 0.29) is 20.4 Å². The Hall–Kier alpha value is -3.70. The summed E-state index contributed by atoms with van der Waals surface area (Å²) >= 11 is 0. The lowest BCUT2D eigenvalue weighted by Crippen LogP contribution is -2.67. The van der Waals surface area contributed by atoms with Crippen LogP contribution in [-0.2, 0) is 66.2 Å². The van der Waals surface area contributed by atoms with Gasteiger partial charge in [-0.1, -0.05) is 54.0 Å². The summed E-state index contributed by atoms with van der Waals surface area (Å²) in [6, 6.07) is -3.18. The molecule has 0 spiro atoms. The number of aliphatic hydroxyl groups excluding tert-OH is 4. The second-order valence-corrected chi connectivity index (χ2v) is 25.7. The van der Waals surface area contributed by atoms with Crippen LogP contribution in [0.4, 0.5) is 4.79 Å². The van der Waals surface area contributed by atoms with Gasteiger partial charge in [0.25, 0.3) is 0 Å².